The van der Waals surface area contributed by atoms with Crippen LogP contribution in [0.5, 0.6) is 5.75 Å². The molecule has 0 N–H and O–H groups in total. The highest BCUT2D eigenvalue weighted by atomic mass is 19.4. The highest BCUT2D eigenvalue weighted by molar-refractivity contribution is 5.67. The minimum absolute atomic E-state index is 0.130. The monoisotopic (exact) mass is 291 g/mol. The maximum absolute atomic E-state index is 11.9. The average molecular weight is 291 g/mol. The number of alkyl halides is 3. The van der Waals surface area contributed by atoms with E-state index in [1.165, 1.54) is 7.05 Å². The predicted molar refractivity (Wildman–Crippen MR) is 66.7 cm³/mol. The fourth-order valence-corrected chi connectivity index (χ4v) is 1.36. The molecule has 0 bridgehead atoms. The normalized spacial score (nSPS) is 11.1. The van der Waals surface area contributed by atoms with E-state index in [2.05, 4.69) is 4.74 Å². The number of halogens is 3. The molecule has 0 saturated heterocycles. The van der Waals surface area contributed by atoms with Crippen LogP contribution in [0.1, 0.15) is 5.56 Å². The third kappa shape index (κ3) is 5.81. The van der Waals surface area contributed by atoms with E-state index >= 15 is 0 Å². The molecule has 20 heavy (non-hydrogen) atoms. The molecule has 1 aromatic rings. The number of hydrogen-bond donors (Lipinski definition) is 0. The van der Waals surface area contributed by atoms with Gasteiger partial charge >= 0.3 is 12.3 Å². The topological polar surface area (TPSA) is 38.8 Å². The van der Waals surface area contributed by atoms with Gasteiger partial charge in [0, 0.05) is 7.05 Å². The van der Waals surface area contributed by atoms with Crippen molar-refractivity contribution in [3.05, 3.63) is 29.8 Å². The van der Waals surface area contributed by atoms with E-state index in [0.717, 1.165) is 10.5 Å². The molecule has 0 unspecified atom stereocenters. The smallest absolute Gasteiger partial charge is 0.422 e. The molecule has 1 amide bonds. The summed E-state index contributed by atoms with van der Waals surface area (Å²) in [7, 11) is 1.35. The lowest BCUT2D eigenvalue weighted by Crippen LogP contribution is -2.33. The predicted octanol–water partition coefficient (Wildman–Crippen LogP) is 3.00. The molecular formula is C13H16F3NO3. The molecule has 0 aliphatic carbocycles. The number of hydrogen-bond acceptors (Lipinski definition) is 3. The third-order valence-electron chi connectivity index (χ3n) is 2.45. The summed E-state index contributed by atoms with van der Waals surface area (Å²) >= 11 is 0. The highest BCUT2D eigenvalue weighted by Crippen LogP contribution is 2.16. The molecule has 0 spiro atoms. The Balaban J connectivity index is 2.31. The van der Waals surface area contributed by atoms with E-state index in [-0.39, 0.29) is 13.2 Å². The molecule has 0 fully saturated rings. The van der Waals surface area contributed by atoms with E-state index in [1.807, 2.05) is 25.1 Å². The van der Waals surface area contributed by atoms with Crippen molar-refractivity contribution in [2.24, 2.45) is 0 Å². The van der Waals surface area contributed by atoms with E-state index in [4.69, 9.17) is 4.74 Å². The van der Waals surface area contributed by atoms with Gasteiger partial charge in [-0.25, -0.2) is 4.79 Å². The molecule has 0 aromatic heterocycles. The fraction of sp³-hybridized carbons (Fsp3) is 0.462. The number of likely N-dealkylation sites (N-methyl/N-ethyl adjacent to an activating group) is 1. The molecular weight excluding hydrogens is 275 g/mol. The summed E-state index contributed by atoms with van der Waals surface area (Å²) in [6.07, 6.45) is -5.55. The van der Waals surface area contributed by atoms with Crippen molar-refractivity contribution in [1.82, 2.24) is 4.90 Å². The maximum Gasteiger partial charge on any atom is 0.422 e. The lowest BCUT2D eigenvalue weighted by molar-refractivity contribution is -0.162. The summed E-state index contributed by atoms with van der Waals surface area (Å²) in [6, 6.07) is 7.32. The first kappa shape index (κ1) is 16.1. The maximum atomic E-state index is 11.9. The average Bonchev–Trinajstić information content (AvgIpc) is 2.37. The summed E-state index contributed by atoms with van der Waals surface area (Å²) in [5.41, 5.74) is 0.940. The van der Waals surface area contributed by atoms with Gasteiger partial charge in [-0.05, 0) is 18.6 Å². The Labute approximate surface area is 115 Å². The summed E-state index contributed by atoms with van der Waals surface area (Å²) < 4.78 is 45.2. The fourth-order valence-electron chi connectivity index (χ4n) is 1.36. The molecule has 0 atom stereocenters. The number of nitrogens with zero attached hydrogens (tertiary/aromatic N) is 1. The number of para-hydroxylation sites is 1. The molecule has 1 rings (SSSR count). The Hall–Kier alpha value is -1.92. The standard InChI is InChI=1S/C13H16F3NO3/c1-10-5-3-4-6-11(10)19-8-7-17(2)12(18)20-9-13(14,15)16/h3-6H,7-9H2,1-2H3. The van der Waals surface area contributed by atoms with Crippen LogP contribution in [-0.4, -0.2) is 44.0 Å². The summed E-state index contributed by atoms with van der Waals surface area (Å²) in [5.74, 6) is 0.671. The lowest BCUT2D eigenvalue weighted by Gasteiger charge is -2.18. The zero-order chi connectivity index (χ0) is 15.2. The van der Waals surface area contributed by atoms with Gasteiger partial charge in [-0.1, -0.05) is 18.2 Å². The SMILES string of the molecule is Cc1ccccc1OCCN(C)C(=O)OCC(F)(F)F. The van der Waals surface area contributed by atoms with Crippen LogP contribution in [0, 0.1) is 6.92 Å². The van der Waals surface area contributed by atoms with Crippen LogP contribution in [0.2, 0.25) is 0 Å². The van der Waals surface area contributed by atoms with Crippen LogP contribution in [0.3, 0.4) is 0 Å². The number of benzene rings is 1. The molecule has 0 aliphatic rings. The molecule has 0 saturated carbocycles. The van der Waals surface area contributed by atoms with Crippen molar-refractivity contribution in [1.29, 1.82) is 0 Å². The minimum atomic E-state index is -4.52. The second-order valence-electron chi connectivity index (χ2n) is 4.21. The summed E-state index contributed by atoms with van der Waals surface area (Å²) in [4.78, 5) is 12.3. The minimum Gasteiger partial charge on any atom is -0.491 e. The number of carbonyl (C=O) groups is 1. The first-order chi connectivity index (χ1) is 9.29. The van der Waals surface area contributed by atoms with Gasteiger partial charge in [0.15, 0.2) is 6.61 Å². The molecule has 0 heterocycles. The van der Waals surface area contributed by atoms with Gasteiger partial charge in [0.1, 0.15) is 12.4 Å². The van der Waals surface area contributed by atoms with Crippen LogP contribution in [0.15, 0.2) is 24.3 Å². The first-order valence-electron chi connectivity index (χ1n) is 5.92. The molecule has 7 heteroatoms. The van der Waals surface area contributed by atoms with Crippen LogP contribution in [0.4, 0.5) is 18.0 Å². The quantitative estimate of drug-likeness (QED) is 0.837. The Bertz CT molecular complexity index is 449. The lowest BCUT2D eigenvalue weighted by atomic mass is 10.2. The molecule has 112 valence electrons. The van der Waals surface area contributed by atoms with Crippen molar-refractivity contribution in [3.63, 3.8) is 0 Å². The van der Waals surface area contributed by atoms with Gasteiger partial charge in [-0.15, -0.1) is 0 Å². The Morgan fingerprint density at radius 2 is 1.95 bits per heavy atom. The number of amides is 1. The van der Waals surface area contributed by atoms with Crippen LogP contribution >= 0.6 is 0 Å². The first-order valence-corrected chi connectivity index (χ1v) is 5.92. The Morgan fingerprint density at radius 3 is 2.55 bits per heavy atom. The molecule has 4 nitrogen and oxygen atoms in total. The summed E-state index contributed by atoms with van der Waals surface area (Å²) in [6.45, 7) is 0.582. The summed E-state index contributed by atoms with van der Waals surface area (Å²) in [5, 5.41) is 0. The van der Waals surface area contributed by atoms with Crippen molar-refractivity contribution in [2.45, 2.75) is 13.1 Å². The van der Waals surface area contributed by atoms with Crippen LogP contribution < -0.4 is 4.74 Å². The number of aryl methyl sites for hydroxylation is 1. The van der Waals surface area contributed by atoms with Crippen LogP contribution in [0.25, 0.3) is 0 Å². The number of rotatable bonds is 5. The Kier molecular flexibility index (Phi) is 5.66. The van der Waals surface area contributed by atoms with Gasteiger partial charge in [0.05, 0.1) is 6.54 Å². The highest BCUT2D eigenvalue weighted by Gasteiger charge is 2.30. The zero-order valence-corrected chi connectivity index (χ0v) is 11.2. The molecule has 0 aliphatic heterocycles. The van der Waals surface area contributed by atoms with Crippen molar-refractivity contribution >= 4 is 6.09 Å². The van der Waals surface area contributed by atoms with E-state index in [1.54, 1.807) is 6.07 Å². The zero-order valence-electron chi connectivity index (χ0n) is 11.2. The van der Waals surface area contributed by atoms with Crippen molar-refractivity contribution < 1.29 is 27.4 Å². The van der Waals surface area contributed by atoms with Gasteiger partial charge < -0.3 is 14.4 Å². The Morgan fingerprint density at radius 1 is 1.30 bits per heavy atom. The van der Waals surface area contributed by atoms with Gasteiger partial charge in [0.25, 0.3) is 0 Å². The van der Waals surface area contributed by atoms with E-state index < -0.39 is 18.9 Å². The van der Waals surface area contributed by atoms with Gasteiger partial charge in [-0.2, -0.15) is 13.2 Å². The van der Waals surface area contributed by atoms with Gasteiger partial charge in [-0.3, -0.25) is 0 Å². The van der Waals surface area contributed by atoms with Crippen molar-refractivity contribution in [2.75, 3.05) is 26.8 Å². The van der Waals surface area contributed by atoms with E-state index in [0.29, 0.717) is 5.75 Å². The largest absolute Gasteiger partial charge is 0.491 e. The third-order valence-corrected chi connectivity index (χ3v) is 2.45. The second kappa shape index (κ2) is 7.02. The number of ether oxygens (including phenoxy) is 2. The number of carbonyl (C=O) groups excluding carboxylic acids is 1. The van der Waals surface area contributed by atoms with E-state index in [9.17, 15) is 18.0 Å². The molecule has 1 aromatic carbocycles. The van der Waals surface area contributed by atoms with Gasteiger partial charge in [0.2, 0.25) is 0 Å². The second-order valence-corrected chi connectivity index (χ2v) is 4.21. The van der Waals surface area contributed by atoms with Crippen LogP contribution in [-0.2, 0) is 4.74 Å². The van der Waals surface area contributed by atoms with Crippen molar-refractivity contribution in [3.8, 4) is 5.75 Å². The molecule has 0 radical (unpaired) electrons.